The highest BCUT2D eigenvalue weighted by atomic mass is 79.9. The van der Waals surface area contributed by atoms with Crippen LogP contribution in [0.3, 0.4) is 0 Å². The minimum atomic E-state index is -1.17. The molecule has 1 fully saturated rings. The number of nitrogens with zero attached hydrogens (tertiary/aromatic N) is 4. The lowest BCUT2D eigenvalue weighted by Gasteiger charge is -2.37. The Balaban J connectivity index is 2.04. The lowest BCUT2D eigenvalue weighted by Crippen LogP contribution is -2.52. The number of carbonyl (C=O) groups excluding carboxylic acids is 1. The molecule has 3 aliphatic rings. The van der Waals surface area contributed by atoms with Gasteiger partial charge in [0.2, 0.25) is 5.70 Å². The minimum Gasteiger partial charge on any atom is -0.530 e. The zero-order valence-electron chi connectivity index (χ0n) is 10.7. The van der Waals surface area contributed by atoms with Gasteiger partial charge in [-0.3, -0.25) is 4.99 Å². The number of nitrogens with two attached hydrogens (primary N) is 1. The normalized spacial score (nSPS) is 32.4. The number of allylic oxidation sites excluding steroid dienone is 1. The second-order valence-electron chi connectivity index (χ2n) is 4.98. The molecule has 0 spiro atoms. The lowest BCUT2D eigenvalue weighted by atomic mass is 9.99. The maximum atomic E-state index is 11.3. The van der Waals surface area contributed by atoms with E-state index in [1.807, 2.05) is 0 Å². The van der Waals surface area contributed by atoms with Gasteiger partial charge in [0.05, 0.1) is 18.5 Å². The fraction of sp³-hybridized carbons (Fsp3) is 0.417. The van der Waals surface area contributed by atoms with Gasteiger partial charge in [-0.2, -0.15) is 10.8 Å². The van der Waals surface area contributed by atoms with E-state index in [1.165, 1.54) is 4.90 Å². The van der Waals surface area contributed by atoms with Crippen molar-refractivity contribution < 1.29 is 14.5 Å². The SMILES string of the molecule is N[N+]12C=CN=CC1=C(C1CCCCN1C(=O)[O-])N=C2Br. The number of likely N-dealkylation sites (tertiary alicyclic amines) is 1. The van der Waals surface area contributed by atoms with Crippen molar-refractivity contribution in [2.75, 3.05) is 6.54 Å². The van der Waals surface area contributed by atoms with Crippen LogP contribution in [0.5, 0.6) is 0 Å². The quantitative estimate of drug-likeness (QED) is 0.425. The van der Waals surface area contributed by atoms with Gasteiger partial charge in [-0.05, 0) is 19.3 Å². The molecule has 0 aromatic rings. The Bertz CT molecular complexity index is 582. The average Bonchev–Trinajstić information content (AvgIpc) is 2.71. The third-order valence-corrected chi connectivity index (χ3v) is 4.58. The third-order valence-electron chi connectivity index (χ3n) is 3.82. The standard InChI is InChI=1S/C12H14BrN5O2/c13-11-16-10(9-7-15-4-6-18(9,11)14)8-3-1-2-5-17(8)12(19)20/h4,6-8H,1-3,5,14H2. The zero-order chi connectivity index (χ0) is 14.3. The summed E-state index contributed by atoms with van der Waals surface area (Å²) in [6.07, 6.45) is 6.27. The van der Waals surface area contributed by atoms with Crippen molar-refractivity contribution in [1.82, 2.24) is 4.90 Å². The Morgan fingerprint density at radius 2 is 2.35 bits per heavy atom. The van der Waals surface area contributed by atoms with Gasteiger partial charge in [-0.15, -0.1) is 4.59 Å². The molecule has 3 aliphatic heterocycles. The van der Waals surface area contributed by atoms with E-state index in [9.17, 15) is 9.90 Å². The first-order valence-corrected chi connectivity index (χ1v) is 7.18. The van der Waals surface area contributed by atoms with Crippen molar-refractivity contribution >= 4 is 33.0 Å². The smallest absolute Gasteiger partial charge is 0.301 e. The topological polar surface area (TPSA) is 94.1 Å². The number of piperidine rings is 1. The summed E-state index contributed by atoms with van der Waals surface area (Å²) in [6.45, 7) is 0.467. The molecule has 1 saturated heterocycles. The molecule has 3 heterocycles. The van der Waals surface area contributed by atoms with Crippen LogP contribution in [0.25, 0.3) is 0 Å². The van der Waals surface area contributed by atoms with Gasteiger partial charge >= 0.3 is 4.74 Å². The molecule has 20 heavy (non-hydrogen) atoms. The van der Waals surface area contributed by atoms with Gasteiger partial charge < -0.3 is 14.8 Å². The maximum absolute atomic E-state index is 11.3. The van der Waals surface area contributed by atoms with Crippen molar-refractivity contribution in [2.45, 2.75) is 25.3 Å². The minimum absolute atomic E-state index is 0.101. The Hall–Kier alpha value is -1.51. The van der Waals surface area contributed by atoms with Crippen LogP contribution in [0.15, 0.2) is 33.8 Å². The lowest BCUT2D eigenvalue weighted by molar-refractivity contribution is -0.746. The molecule has 0 saturated carbocycles. The number of hydrogen-bond donors (Lipinski definition) is 1. The summed E-state index contributed by atoms with van der Waals surface area (Å²) < 4.78 is 0.421. The van der Waals surface area contributed by atoms with E-state index in [2.05, 4.69) is 25.9 Å². The zero-order valence-corrected chi connectivity index (χ0v) is 12.3. The molecule has 0 aliphatic carbocycles. The third kappa shape index (κ3) is 1.91. The van der Waals surface area contributed by atoms with Crippen LogP contribution in [-0.4, -0.2) is 39.1 Å². The summed E-state index contributed by atoms with van der Waals surface area (Å²) in [7, 11) is 0. The number of hydrogen-bond acceptors (Lipinski definition) is 5. The molecule has 1 amide bonds. The van der Waals surface area contributed by atoms with Crippen LogP contribution in [0.1, 0.15) is 19.3 Å². The van der Waals surface area contributed by atoms with Gasteiger partial charge in [0.1, 0.15) is 18.0 Å². The molecule has 7 nitrogen and oxygen atoms in total. The van der Waals surface area contributed by atoms with E-state index in [-0.39, 0.29) is 10.6 Å². The van der Waals surface area contributed by atoms with Gasteiger partial charge in [0.25, 0.3) is 0 Å². The summed E-state index contributed by atoms with van der Waals surface area (Å²) >= 11 is 3.36. The molecule has 2 N–H and O–H groups in total. The first-order chi connectivity index (χ1) is 9.54. The Morgan fingerprint density at radius 3 is 3.10 bits per heavy atom. The van der Waals surface area contributed by atoms with Crippen molar-refractivity contribution in [1.29, 1.82) is 0 Å². The highest BCUT2D eigenvalue weighted by Gasteiger charge is 2.45. The molecule has 0 aromatic carbocycles. The van der Waals surface area contributed by atoms with Crippen LogP contribution >= 0.6 is 15.9 Å². The molecule has 2 atom stereocenters. The van der Waals surface area contributed by atoms with E-state index in [0.29, 0.717) is 29.1 Å². The van der Waals surface area contributed by atoms with E-state index in [4.69, 9.17) is 5.84 Å². The summed E-state index contributed by atoms with van der Waals surface area (Å²) in [4.78, 5) is 21.1. The van der Waals surface area contributed by atoms with E-state index < -0.39 is 6.09 Å². The fourth-order valence-electron chi connectivity index (χ4n) is 2.77. The number of carboxylic acid groups (broad SMARTS) is 1. The van der Waals surface area contributed by atoms with Crippen LogP contribution in [-0.2, 0) is 0 Å². The van der Waals surface area contributed by atoms with E-state index in [1.54, 1.807) is 18.6 Å². The fourth-order valence-corrected chi connectivity index (χ4v) is 3.27. The van der Waals surface area contributed by atoms with Crippen LogP contribution in [0.4, 0.5) is 4.79 Å². The molecule has 0 aromatic heterocycles. The largest absolute Gasteiger partial charge is 0.530 e. The predicted octanol–water partition coefficient (Wildman–Crippen LogP) is 0.406. The second-order valence-corrected chi connectivity index (χ2v) is 5.69. The number of halogens is 1. The Morgan fingerprint density at radius 1 is 1.55 bits per heavy atom. The van der Waals surface area contributed by atoms with Crippen LogP contribution < -0.4 is 10.9 Å². The number of carbonyl (C=O) groups is 1. The predicted molar refractivity (Wildman–Crippen MR) is 75.2 cm³/mol. The first kappa shape index (κ1) is 13.5. The van der Waals surface area contributed by atoms with Crippen molar-refractivity contribution in [2.24, 2.45) is 15.8 Å². The van der Waals surface area contributed by atoms with Crippen LogP contribution in [0.2, 0.25) is 0 Å². The van der Waals surface area contributed by atoms with Gasteiger partial charge in [0.15, 0.2) is 0 Å². The van der Waals surface area contributed by atoms with Crippen molar-refractivity contribution in [3.05, 3.63) is 23.8 Å². The van der Waals surface area contributed by atoms with Gasteiger partial charge in [0, 0.05) is 22.5 Å². The van der Waals surface area contributed by atoms with E-state index in [0.717, 1.165) is 12.8 Å². The Kier molecular flexibility index (Phi) is 3.23. The number of aliphatic imine (C=N–C) groups is 2. The number of quaternary nitrogens is 1. The highest BCUT2D eigenvalue weighted by molar-refractivity contribution is 9.18. The first-order valence-electron chi connectivity index (χ1n) is 6.39. The van der Waals surface area contributed by atoms with E-state index >= 15 is 0 Å². The van der Waals surface area contributed by atoms with Gasteiger partial charge in [-0.25, -0.2) is 0 Å². The number of amides is 1. The molecule has 0 bridgehead atoms. The van der Waals surface area contributed by atoms with Crippen molar-refractivity contribution in [3.8, 4) is 0 Å². The number of rotatable bonds is 1. The second kappa shape index (κ2) is 4.80. The molecular formula is C12H14BrN5O2. The van der Waals surface area contributed by atoms with Gasteiger partial charge in [-0.1, -0.05) is 0 Å². The maximum Gasteiger partial charge on any atom is 0.301 e. The molecule has 106 valence electrons. The Labute approximate surface area is 124 Å². The summed E-state index contributed by atoms with van der Waals surface area (Å²) in [6, 6.07) is -0.321. The van der Waals surface area contributed by atoms with Crippen molar-refractivity contribution in [3.63, 3.8) is 0 Å². The average molecular weight is 340 g/mol. The molecule has 3 rings (SSSR count). The highest BCUT2D eigenvalue weighted by Crippen LogP contribution is 2.35. The summed E-state index contributed by atoms with van der Waals surface area (Å²) in [5.41, 5.74) is 1.34. The summed E-state index contributed by atoms with van der Waals surface area (Å²) in [5, 5.41) is 11.3. The number of fused-ring (bicyclic) bond motifs is 1. The monoisotopic (exact) mass is 339 g/mol. The molecular weight excluding hydrogens is 326 g/mol. The molecule has 0 radical (unpaired) electrons. The molecule has 2 unspecified atom stereocenters. The number of amidine groups is 1. The van der Waals surface area contributed by atoms with Crippen LogP contribution in [0, 0.1) is 0 Å². The summed E-state index contributed by atoms with van der Waals surface area (Å²) in [5.74, 6) is 6.27. The molecule has 8 heteroatoms.